The van der Waals surface area contributed by atoms with Crippen LogP contribution in [0.1, 0.15) is 140 Å². The first-order valence-corrected chi connectivity index (χ1v) is 34.6. The van der Waals surface area contributed by atoms with Crippen LogP contribution in [0, 0.1) is 22.7 Å². The van der Waals surface area contributed by atoms with E-state index in [1.165, 1.54) is 20.1 Å². The van der Waals surface area contributed by atoms with Crippen LogP contribution in [0.2, 0.25) is 0 Å². The van der Waals surface area contributed by atoms with Crippen molar-refractivity contribution < 1.29 is 141 Å². The van der Waals surface area contributed by atoms with Crippen LogP contribution in [0.15, 0.2) is 23.3 Å². The molecule has 6 heterocycles. The minimum Gasteiger partial charge on any atom is -0.458 e. The van der Waals surface area contributed by atoms with Gasteiger partial charge in [0.1, 0.15) is 96.2 Å². The van der Waals surface area contributed by atoms with Gasteiger partial charge in [0.05, 0.1) is 73.6 Å². The highest BCUT2D eigenvalue weighted by atomic mass is 16.8. The van der Waals surface area contributed by atoms with Gasteiger partial charge in [0.2, 0.25) is 0 Å². The van der Waals surface area contributed by atoms with Crippen LogP contribution in [0.25, 0.3) is 0 Å². The first-order chi connectivity index (χ1) is 45.8. The van der Waals surface area contributed by atoms with E-state index in [9.17, 15) is 60.7 Å². The van der Waals surface area contributed by atoms with Gasteiger partial charge in [-0.3, -0.25) is 4.79 Å². The predicted molar refractivity (Wildman–Crippen MR) is 334 cm³/mol. The molecule has 29 heteroatoms. The molecule has 556 valence electrons. The van der Waals surface area contributed by atoms with Gasteiger partial charge in [0.15, 0.2) is 43.5 Å². The molecule has 0 bridgehead atoms. The molecule has 9 fully saturated rings. The lowest BCUT2D eigenvalue weighted by atomic mass is 9.42. The summed E-state index contributed by atoms with van der Waals surface area (Å²) >= 11 is 0. The van der Waals surface area contributed by atoms with Gasteiger partial charge in [-0.2, -0.15) is 0 Å². The molecule has 3 saturated carbocycles. The van der Waals surface area contributed by atoms with E-state index in [0.29, 0.717) is 32.1 Å². The summed E-state index contributed by atoms with van der Waals surface area (Å²) in [6.07, 6.45) is -21.8. The van der Waals surface area contributed by atoms with Crippen molar-refractivity contribution in [1.29, 1.82) is 0 Å². The molecule has 6 saturated heterocycles. The van der Waals surface area contributed by atoms with E-state index >= 15 is 0 Å². The molecule has 97 heavy (non-hydrogen) atoms. The molecule has 0 spiro atoms. The number of carbonyl (C=O) groups is 2. The zero-order valence-electron chi connectivity index (χ0n) is 58.4. The summed E-state index contributed by atoms with van der Waals surface area (Å²) in [6, 6.07) is 0. The molecule has 10 rings (SSSR count). The minimum absolute atomic E-state index is 0.0601. The number of fused-ring (bicyclic) bond motifs is 5. The number of hydrogen-bond acceptors (Lipinski definition) is 29. The van der Waals surface area contributed by atoms with Crippen LogP contribution in [0.4, 0.5) is 0 Å². The van der Waals surface area contributed by atoms with E-state index in [4.69, 9.17) is 80.5 Å². The largest absolute Gasteiger partial charge is 0.458 e. The van der Waals surface area contributed by atoms with Gasteiger partial charge >= 0.3 is 5.97 Å². The highest BCUT2D eigenvalue weighted by Crippen LogP contribution is 2.71. The number of Topliss-reactive ketones (excluding diaryl/α,β-unsaturated/α-hetero) is 1. The number of aliphatic hydroxyl groups excluding tert-OH is 7. The third kappa shape index (κ3) is 14.4. The van der Waals surface area contributed by atoms with Crippen molar-refractivity contribution in [2.75, 3.05) is 41.7 Å². The van der Waals surface area contributed by atoms with Gasteiger partial charge in [-0.25, -0.2) is 4.79 Å². The fourth-order valence-electron chi connectivity index (χ4n) is 17.6. The van der Waals surface area contributed by atoms with Gasteiger partial charge in [-0.15, -0.1) is 0 Å². The van der Waals surface area contributed by atoms with E-state index in [2.05, 4.69) is 6.92 Å². The Bertz CT molecular complexity index is 2720. The van der Waals surface area contributed by atoms with E-state index in [1.807, 2.05) is 47.6 Å². The summed E-state index contributed by atoms with van der Waals surface area (Å²) in [5, 5.41) is 112. The molecule has 10 N–H and O–H groups in total. The maximum Gasteiger partial charge on any atom is 0.330 e. The Hall–Kier alpha value is -2.42. The lowest BCUT2D eigenvalue weighted by Gasteiger charge is -2.67. The molecule has 0 amide bonds. The van der Waals surface area contributed by atoms with E-state index in [1.54, 1.807) is 35.2 Å². The zero-order chi connectivity index (χ0) is 70.8. The summed E-state index contributed by atoms with van der Waals surface area (Å²) in [6.45, 7) is 16.6. The third-order valence-corrected chi connectivity index (χ3v) is 23.9. The molecule has 6 aliphatic heterocycles. The number of rotatable bonds is 22. The zero-order valence-corrected chi connectivity index (χ0v) is 58.4. The molecular weight excluding hydrogens is 1280 g/mol. The van der Waals surface area contributed by atoms with Crippen LogP contribution < -0.4 is 0 Å². The van der Waals surface area contributed by atoms with E-state index < -0.39 is 224 Å². The summed E-state index contributed by atoms with van der Waals surface area (Å²) in [5.41, 5.74) is -6.32. The monoisotopic (exact) mass is 1390 g/mol. The number of hydrogen-bond donors (Lipinski definition) is 10. The molecule has 0 aromatic heterocycles. The van der Waals surface area contributed by atoms with Crippen LogP contribution in [0.3, 0.4) is 0 Å². The molecule has 4 aliphatic carbocycles. The normalized spacial score (nSPS) is 50.5. The molecule has 0 unspecified atom stereocenters. The summed E-state index contributed by atoms with van der Waals surface area (Å²) in [7, 11) is 6.25. The number of allylic oxidation sites excluding steroid dienone is 1. The van der Waals surface area contributed by atoms with Crippen molar-refractivity contribution in [2.24, 2.45) is 22.7 Å². The molecule has 0 radical (unpaired) electrons. The van der Waals surface area contributed by atoms with Crippen molar-refractivity contribution in [3.63, 3.8) is 0 Å². The maximum atomic E-state index is 13.6. The topological polar surface area (TPSA) is 393 Å². The minimum atomic E-state index is -2.05. The predicted octanol–water partition coefficient (Wildman–Crippen LogP) is 0.773. The lowest BCUT2D eigenvalue weighted by molar-refractivity contribution is -0.376. The number of esters is 1. The molecule has 10 aliphatic rings. The summed E-state index contributed by atoms with van der Waals surface area (Å²) in [4.78, 5) is 27.0. The Labute approximate surface area is 567 Å². The number of carbonyl (C=O) groups excluding carboxylic acids is 2. The Morgan fingerprint density at radius 2 is 1.01 bits per heavy atom. The summed E-state index contributed by atoms with van der Waals surface area (Å²) < 4.78 is 106. The average Bonchev–Trinajstić information content (AvgIpc) is 1.58. The van der Waals surface area contributed by atoms with Gasteiger partial charge in [-0.05, 0) is 105 Å². The Balaban J connectivity index is 0.705. The van der Waals surface area contributed by atoms with Gasteiger partial charge in [-0.1, -0.05) is 38.0 Å². The molecule has 0 aromatic carbocycles. The van der Waals surface area contributed by atoms with Gasteiger partial charge in [0.25, 0.3) is 0 Å². The average molecular weight is 1390 g/mol. The van der Waals surface area contributed by atoms with Crippen molar-refractivity contribution in [1.82, 2.24) is 0 Å². The number of ketones is 1. The van der Waals surface area contributed by atoms with Crippen molar-refractivity contribution in [3.8, 4) is 0 Å². The lowest BCUT2D eigenvalue weighted by Crippen LogP contribution is -2.78. The van der Waals surface area contributed by atoms with Crippen LogP contribution >= 0.6 is 0 Å². The van der Waals surface area contributed by atoms with Crippen molar-refractivity contribution >= 4 is 11.8 Å². The molecule has 29 nitrogen and oxygen atoms in total. The number of aliphatic hydroxyl groups is 10. The number of ether oxygens (including phenoxy) is 17. The highest BCUT2D eigenvalue weighted by molar-refractivity contribution is 5.87. The SMILES string of the molecule is CO[C@H]1C[C@H](O[C@H]2[C@@H](OC)C[C@H](O[C@H]3CC[C@@]4(C)C(=CC[C@]5(O)[C@@H]4C[C@@H](OC(=O)/C=C(\C)C(C)C)[C@@]4(C)[C@]5(O)CC[C@]4(O)C(C)=O)C3)O[C@@H]2C)O[C@@H](C)[C@H]1O[C@H]1C[C@H](OC)[C@H](O[C@H]2C[C@@H](OC)[C@@H](O[C@@H]3O[C@H](CO)[C@@H](O[C@@H]4O[C@H](CO)[C@@H](O)[C@H](O)[C@H]4O)[C@H](O)[C@H]3O)[C@H](C)O2)[C@@H](C)O1. The molecule has 34 atom stereocenters. The first kappa shape index (κ1) is 77.2. The second-order valence-electron chi connectivity index (χ2n) is 29.5. The van der Waals surface area contributed by atoms with E-state index in [-0.39, 0.29) is 50.5 Å². The standard InChI is InChI=1S/C68H110O29/c1-30(2)31(3)21-47(72)92-46-27-45-64(9)17-16-38(22-37(64)15-18-67(45,79)68(80)20-19-66(78,36(8)71)65(46,68)10)89-48-23-39(81-11)57(32(4)85-48)93-49-24-40(82-12)58(33(5)86-49)94-50-25-41(83-13)59(34(6)87-50)95-51-26-42(84-14)60(35(7)88-51)96-63-56(77)54(75)61(44(29-70)91-63)97-62-55(76)53(74)52(73)43(28-69)90-62/h15,21,30,32-35,38-46,48-63,69-70,73-80H,16-20,22-29H2,1-14H3/b31-21+/t32-,33+,34-,35+,38+,39+,40+,41+,42-,43-,44-,45-,46-,48+,49+,50+,51+,52-,53+,54-,55-,56-,57-,58-,59-,60+,61-,62+,63+,64+,65-,66+,67+,68-/m1/s1. The number of methoxy groups -OCH3 is 4. The fourth-order valence-corrected chi connectivity index (χ4v) is 17.6. The van der Waals surface area contributed by atoms with Crippen molar-refractivity contribution in [3.05, 3.63) is 23.3 Å². The molecule has 0 aromatic rings. The smallest absolute Gasteiger partial charge is 0.330 e. The van der Waals surface area contributed by atoms with Crippen LogP contribution in [-0.2, 0) is 90.1 Å². The Morgan fingerprint density at radius 3 is 1.46 bits per heavy atom. The quantitative estimate of drug-likeness (QED) is 0.0407. The van der Waals surface area contributed by atoms with Gasteiger partial charge < -0.3 is 132 Å². The third-order valence-electron chi connectivity index (χ3n) is 23.9. The van der Waals surface area contributed by atoms with E-state index in [0.717, 1.165) is 11.1 Å². The summed E-state index contributed by atoms with van der Waals surface area (Å²) in [5.74, 6) is -1.71. The Kier molecular flexibility index (Phi) is 24.5. The van der Waals surface area contributed by atoms with Gasteiger partial charge in [0, 0.05) is 66.1 Å². The first-order valence-electron chi connectivity index (χ1n) is 34.6. The van der Waals surface area contributed by atoms with Crippen LogP contribution in [-0.4, -0.2) is 293 Å². The Morgan fingerprint density at radius 1 is 0.567 bits per heavy atom. The fraction of sp³-hybridized carbons (Fsp3) is 0.912. The maximum absolute atomic E-state index is 13.6. The second kappa shape index (κ2) is 30.7. The van der Waals surface area contributed by atoms with Crippen LogP contribution in [0.5, 0.6) is 0 Å². The van der Waals surface area contributed by atoms with Crippen molar-refractivity contribution in [2.45, 2.75) is 329 Å². The second-order valence-corrected chi connectivity index (χ2v) is 29.5. The highest BCUT2D eigenvalue weighted by Gasteiger charge is 2.81. The molecular formula is C68H110O29.